The monoisotopic (exact) mass is 351 g/mol. The van der Waals surface area contributed by atoms with E-state index in [0.717, 1.165) is 24.3 Å². The molecule has 1 fully saturated rings. The first kappa shape index (κ1) is 17.0. The Balaban J connectivity index is 2.19. The number of hydrogen-bond acceptors (Lipinski definition) is 1. The summed E-state index contributed by atoms with van der Waals surface area (Å²) < 4.78 is 1.24. The third-order valence-electron chi connectivity index (χ3n) is 5.28. The lowest BCUT2D eigenvalue weighted by molar-refractivity contribution is 0.171. The largest absolute Gasteiger partial charge is 0.310 e. The minimum atomic E-state index is 0.511. The zero-order chi connectivity index (χ0) is 15.4. The van der Waals surface area contributed by atoms with Crippen molar-refractivity contribution in [1.29, 1.82) is 0 Å². The standard InChI is InChI=1S/C19H30BrN/c1-5-10-21-19(16-8-6-13(2)15(4)11-16)17-9-7-14(3)18(20)12-17/h7,9,12-13,15-16,19,21H,5-6,8,10-11H2,1-4H3. The van der Waals surface area contributed by atoms with Crippen LogP contribution in [-0.2, 0) is 0 Å². The van der Waals surface area contributed by atoms with E-state index in [4.69, 9.17) is 0 Å². The van der Waals surface area contributed by atoms with Crippen molar-refractivity contribution >= 4 is 15.9 Å². The second-order valence-corrected chi connectivity index (χ2v) is 7.82. The molecule has 1 aliphatic carbocycles. The van der Waals surface area contributed by atoms with Crippen LogP contribution in [0.2, 0.25) is 0 Å². The molecule has 21 heavy (non-hydrogen) atoms. The molecule has 0 radical (unpaired) electrons. The molecule has 0 bridgehead atoms. The van der Waals surface area contributed by atoms with Gasteiger partial charge >= 0.3 is 0 Å². The van der Waals surface area contributed by atoms with Crippen molar-refractivity contribution < 1.29 is 0 Å². The van der Waals surface area contributed by atoms with Gasteiger partial charge in [0.05, 0.1) is 0 Å². The van der Waals surface area contributed by atoms with Crippen molar-refractivity contribution in [3.8, 4) is 0 Å². The molecular formula is C19H30BrN. The maximum Gasteiger partial charge on any atom is 0.0349 e. The van der Waals surface area contributed by atoms with Crippen LogP contribution in [0.3, 0.4) is 0 Å². The first-order chi connectivity index (χ1) is 10.0. The van der Waals surface area contributed by atoms with Gasteiger partial charge in [-0.05, 0) is 67.7 Å². The number of rotatable bonds is 5. The van der Waals surface area contributed by atoms with Gasteiger partial charge in [0.25, 0.3) is 0 Å². The molecule has 1 N–H and O–H groups in total. The van der Waals surface area contributed by atoms with Gasteiger partial charge < -0.3 is 5.32 Å². The first-order valence-corrected chi connectivity index (χ1v) is 9.31. The summed E-state index contributed by atoms with van der Waals surface area (Å²) >= 11 is 3.70. The van der Waals surface area contributed by atoms with E-state index < -0.39 is 0 Å². The SMILES string of the molecule is CCCNC(c1ccc(C)c(Br)c1)C1CCC(C)C(C)C1. The predicted molar refractivity (Wildman–Crippen MR) is 95.6 cm³/mol. The Bertz CT molecular complexity index is 457. The summed E-state index contributed by atoms with van der Waals surface area (Å²) in [6.45, 7) is 10.4. The molecule has 0 saturated heterocycles. The summed E-state index contributed by atoms with van der Waals surface area (Å²) in [5.41, 5.74) is 2.77. The van der Waals surface area contributed by atoms with E-state index in [1.54, 1.807) is 0 Å². The predicted octanol–water partition coefficient (Wildman–Crippen LogP) is 5.87. The molecule has 2 heteroatoms. The Morgan fingerprint density at radius 1 is 1.24 bits per heavy atom. The number of benzene rings is 1. The van der Waals surface area contributed by atoms with Crippen molar-refractivity contribution in [2.24, 2.45) is 17.8 Å². The third kappa shape index (κ3) is 4.32. The molecule has 0 aliphatic heterocycles. The molecule has 0 heterocycles. The van der Waals surface area contributed by atoms with Crippen LogP contribution in [0.5, 0.6) is 0 Å². The first-order valence-electron chi connectivity index (χ1n) is 8.52. The van der Waals surface area contributed by atoms with Gasteiger partial charge in [-0.15, -0.1) is 0 Å². The molecular weight excluding hydrogens is 322 g/mol. The van der Waals surface area contributed by atoms with Crippen LogP contribution >= 0.6 is 15.9 Å². The molecule has 118 valence electrons. The summed E-state index contributed by atoms with van der Waals surface area (Å²) in [6.07, 6.45) is 5.29. The average Bonchev–Trinajstić information content (AvgIpc) is 2.46. The van der Waals surface area contributed by atoms with Gasteiger partial charge in [-0.25, -0.2) is 0 Å². The molecule has 0 aromatic heterocycles. The molecule has 1 aromatic rings. The summed E-state index contributed by atoms with van der Waals surface area (Å²) in [6, 6.07) is 7.40. The Morgan fingerprint density at radius 3 is 2.62 bits per heavy atom. The van der Waals surface area contributed by atoms with Crippen LogP contribution < -0.4 is 5.32 Å². The number of halogens is 1. The highest BCUT2D eigenvalue weighted by molar-refractivity contribution is 9.10. The second kappa shape index (κ2) is 7.78. The van der Waals surface area contributed by atoms with Crippen molar-refractivity contribution in [3.05, 3.63) is 33.8 Å². The van der Waals surface area contributed by atoms with Crippen LogP contribution in [0.15, 0.2) is 22.7 Å². The Kier molecular flexibility index (Phi) is 6.31. The van der Waals surface area contributed by atoms with Crippen LogP contribution in [0.25, 0.3) is 0 Å². The molecule has 0 amide bonds. The zero-order valence-corrected chi connectivity index (χ0v) is 15.5. The summed E-state index contributed by atoms with van der Waals surface area (Å²) in [5.74, 6) is 2.51. The molecule has 2 rings (SSSR count). The fourth-order valence-electron chi connectivity index (χ4n) is 3.55. The van der Waals surface area contributed by atoms with Gasteiger partial charge in [0.1, 0.15) is 0 Å². The van der Waals surface area contributed by atoms with Crippen molar-refractivity contribution in [2.45, 2.75) is 59.4 Å². The highest BCUT2D eigenvalue weighted by atomic mass is 79.9. The van der Waals surface area contributed by atoms with E-state index in [1.165, 1.54) is 41.3 Å². The summed E-state index contributed by atoms with van der Waals surface area (Å²) in [5, 5.41) is 3.82. The molecule has 4 atom stereocenters. The maximum absolute atomic E-state index is 3.82. The normalized spacial score (nSPS) is 27.6. The van der Waals surface area contributed by atoms with Gasteiger partial charge in [-0.3, -0.25) is 0 Å². The lowest BCUT2D eigenvalue weighted by Crippen LogP contribution is -2.33. The molecule has 1 saturated carbocycles. The topological polar surface area (TPSA) is 12.0 Å². The van der Waals surface area contributed by atoms with Gasteiger partial charge in [-0.1, -0.05) is 55.3 Å². The third-order valence-corrected chi connectivity index (χ3v) is 6.13. The fraction of sp³-hybridized carbons (Fsp3) is 0.684. The highest BCUT2D eigenvalue weighted by Gasteiger charge is 2.30. The van der Waals surface area contributed by atoms with Crippen LogP contribution in [0, 0.1) is 24.7 Å². The maximum atomic E-state index is 3.82. The van der Waals surface area contributed by atoms with E-state index in [-0.39, 0.29) is 0 Å². The Labute approximate surface area is 139 Å². The Morgan fingerprint density at radius 2 is 2.00 bits per heavy atom. The lowest BCUT2D eigenvalue weighted by Gasteiger charge is -2.37. The van der Waals surface area contributed by atoms with Crippen molar-refractivity contribution in [3.63, 3.8) is 0 Å². The molecule has 4 unspecified atom stereocenters. The van der Waals surface area contributed by atoms with E-state index in [0.29, 0.717) is 6.04 Å². The van der Waals surface area contributed by atoms with Crippen LogP contribution in [0.4, 0.5) is 0 Å². The van der Waals surface area contributed by atoms with Gasteiger partial charge in [0, 0.05) is 10.5 Å². The molecule has 1 aliphatic rings. The number of aryl methyl sites for hydroxylation is 1. The van der Waals surface area contributed by atoms with Crippen LogP contribution in [-0.4, -0.2) is 6.54 Å². The van der Waals surface area contributed by atoms with E-state index in [9.17, 15) is 0 Å². The average molecular weight is 352 g/mol. The summed E-state index contributed by atoms with van der Waals surface area (Å²) in [7, 11) is 0. The zero-order valence-electron chi connectivity index (χ0n) is 14.0. The van der Waals surface area contributed by atoms with Gasteiger partial charge in [0.15, 0.2) is 0 Å². The highest BCUT2D eigenvalue weighted by Crippen LogP contribution is 2.40. The molecule has 0 spiro atoms. The van der Waals surface area contributed by atoms with E-state index in [1.807, 2.05) is 0 Å². The minimum absolute atomic E-state index is 0.511. The Hall–Kier alpha value is -0.340. The summed E-state index contributed by atoms with van der Waals surface area (Å²) in [4.78, 5) is 0. The molecule has 1 nitrogen and oxygen atoms in total. The van der Waals surface area contributed by atoms with Gasteiger partial charge in [-0.2, -0.15) is 0 Å². The van der Waals surface area contributed by atoms with E-state index in [2.05, 4.69) is 67.1 Å². The second-order valence-electron chi connectivity index (χ2n) is 6.97. The minimum Gasteiger partial charge on any atom is -0.310 e. The number of nitrogens with one attached hydrogen (secondary N) is 1. The molecule has 1 aromatic carbocycles. The number of hydrogen-bond donors (Lipinski definition) is 1. The lowest BCUT2D eigenvalue weighted by atomic mass is 9.72. The van der Waals surface area contributed by atoms with Gasteiger partial charge in [0.2, 0.25) is 0 Å². The fourth-order valence-corrected chi connectivity index (χ4v) is 3.95. The smallest absolute Gasteiger partial charge is 0.0349 e. The van der Waals surface area contributed by atoms with Crippen molar-refractivity contribution in [2.75, 3.05) is 6.54 Å². The van der Waals surface area contributed by atoms with E-state index >= 15 is 0 Å². The van der Waals surface area contributed by atoms with Crippen molar-refractivity contribution in [1.82, 2.24) is 5.32 Å². The quantitative estimate of drug-likeness (QED) is 0.699. The van der Waals surface area contributed by atoms with Crippen LogP contribution in [0.1, 0.15) is 63.6 Å².